The van der Waals surface area contributed by atoms with Gasteiger partial charge in [-0.05, 0) is 31.3 Å². The summed E-state index contributed by atoms with van der Waals surface area (Å²) in [5.74, 6) is -0.872. The molecule has 0 unspecified atom stereocenters. The first-order valence-electron chi connectivity index (χ1n) is 6.26. The average Bonchev–Trinajstić information content (AvgIpc) is 2.83. The van der Waals surface area contributed by atoms with Gasteiger partial charge < -0.3 is 15.3 Å². The molecular weight excluding hydrogens is 268 g/mol. The van der Waals surface area contributed by atoms with Crippen molar-refractivity contribution in [2.24, 2.45) is 0 Å². The topological polar surface area (TPSA) is 86.7 Å². The van der Waals surface area contributed by atoms with E-state index < -0.39 is 18.1 Å². The number of nitrogens with one attached hydrogen (secondary N) is 1. The molecule has 1 fully saturated rings. The second-order valence-electron chi connectivity index (χ2n) is 4.55. The molecule has 1 heterocycles. The second kappa shape index (κ2) is 7.37. The quantitative estimate of drug-likeness (QED) is 0.735. The van der Waals surface area contributed by atoms with E-state index in [1.54, 1.807) is 0 Å². The summed E-state index contributed by atoms with van der Waals surface area (Å²) in [6, 6.07) is -1.40. The third-order valence-electron chi connectivity index (χ3n) is 3.19. The Labute approximate surface area is 116 Å². The molecule has 0 aromatic carbocycles. The molecule has 19 heavy (non-hydrogen) atoms. The number of likely N-dealkylation sites (tertiary alicyclic amines) is 1. The zero-order valence-electron chi connectivity index (χ0n) is 11.2. The molecule has 1 aliphatic rings. The van der Waals surface area contributed by atoms with Gasteiger partial charge in [0.1, 0.15) is 12.1 Å². The van der Waals surface area contributed by atoms with E-state index in [-0.39, 0.29) is 11.8 Å². The average molecular weight is 288 g/mol. The SMILES string of the molecule is CSCC[C@H](NC(=O)[C@@H]1CCCN1C(C)=O)C(=O)O. The number of rotatable bonds is 6. The molecule has 1 saturated heterocycles. The van der Waals surface area contributed by atoms with E-state index in [4.69, 9.17) is 5.11 Å². The summed E-state index contributed by atoms with van der Waals surface area (Å²) >= 11 is 1.53. The minimum Gasteiger partial charge on any atom is -0.480 e. The van der Waals surface area contributed by atoms with Crippen LogP contribution in [-0.2, 0) is 14.4 Å². The molecule has 108 valence electrons. The molecule has 0 aromatic heterocycles. The lowest BCUT2D eigenvalue weighted by molar-refractivity contribution is -0.143. The van der Waals surface area contributed by atoms with Crippen molar-refractivity contribution in [1.82, 2.24) is 10.2 Å². The standard InChI is InChI=1S/C12H20N2O4S/c1-8(15)14-6-3-4-10(14)11(16)13-9(12(17)18)5-7-19-2/h9-10H,3-7H2,1-2H3,(H,13,16)(H,17,18)/t9-,10-/m0/s1. The van der Waals surface area contributed by atoms with Gasteiger partial charge in [0, 0.05) is 13.5 Å². The lowest BCUT2D eigenvalue weighted by Crippen LogP contribution is -2.50. The van der Waals surface area contributed by atoms with Crippen LogP contribution in [0.1, 0.15) is 26.2 Å². The van der Waals surface area contributed by atoms with Crippen LogP contribution in [0.4, 0.5) is 0 Å². The fourth-order valence-corrected chi connectivity index (χ4v) is 2.65. The summed E-state index contributed by atoms with van der Waals surface area (Å²) in [6.45, 7) is 1.99. The van der Waals surface area contributed by atoms with Gasteiger partial charge in [0.2, 0.25) is 11.8 Å². The van der Waals surface area contributed by atoms with Crippen LogP contribution in [0.2, 0.25) is 0 Å². The van der Waals surface area contributed by atoms with Crippen molar-refractivity contribution in [3.05, 3.63) is 0 Å². The maximum absolute atomic E-state index is 12.1. The highest BCUT2D eigenvalue weighted by molar-refractivity contribution is 7.98. The van der Waals surface area contributed by atoms with Crippen LogP contribution in [0.3, 0.4) is 0 Å². The van der Waals surface area contributed by atoms with E-state index in [0.29, 0.717) is 25.1 Å². The van der Waals surface area contributed by atoms with Crippen molar-refractivity contribution in [2.75, 3.05) is 18.6 Å². The van der Waals surface area contributed by atoms with Gasteiger partial charge in [0.25, 0.3) is 0 Å². The summed E-state index contributed by atoms with van der Waals surface area (Å²) in [5.41, 5.74) is 0. The summed E-state index contributed by atoms with van der Waals surface area (Å²) in [5, 5.41) is 11.6. The molecule has 1 rings (SSSR count). The van der Waals surface area contributed by atoms with Crippen molar-refractivity contribution in [3.8, 4) is 0 Å². The molecule has 2 atom stereocenters. The molecule has 0 aliphatic carbocycles. The molecule has 0 aromatic rings. The predicted molar refractivity (Wildman–Crippen MR) is 73.0 cm³/mol. The third-order valence-corrected chi connectivity index (χ3v) is 3.83. The van der Waals surface area contributed by atoms with Gasteiger partial charge in [-0.2, -0.15) is 11.8 Å². The highest BCUT2D eigenvalue weighted by atomic mass is 32.2. The van der Waals surface area contributed by atoms with Crippen molar-refractivity contribution in [3.63, 3.8) is 0 Å². The van der Waals surface area contributed by atoms with E-state index >= 15 is 0 Å². The maximum atomic E-state index is 12.1. The Kier molecular flexibility index (Phi) is 6.14. The van der Waals surface area contributed by atoms with E-state index in [1.807, 2.05) is 6.26 Å². The molecule has 0 bridgehead atoms. The zero-order valence-corrected chi connectivity index (χ0v) is 12.0. The van der Waals surface area contributed by atoms with Gasteiger partial charge in [-0.1, -0.05) is 0 Å². The van der Waals surface area contributed by atoms with Gasteiger partial charge in [0.15, 0.2) is 0 Å². The summed E-state index contributed by atoms with van der Waals surface area (Å²) in [6.07, 6.45) is 3.64. The molecule has 2 amide bonds. The van der Waals surface area contributed by atoms with Crippen molar-refractivity contribution in [1.29, 1.82) is 0 Å². The van der Waals surface area contributed by atoms with E-state index in [2.05, 4.69) is 5.32 Å². The third kappa shape index (κ3) is 4.41. The molecule has 6 nitrogen and oxygen atoms in total. The normalized spacial score (nSPS) is 20.1. The van der Waals surface area contributed by atoms with E-state index in [1.165, 1.54) is 23.6 Å². The van der Waals surface area contributed by atoms with Gasteiger partial charge >= 0.3 is 5.97 Å². The van der Waals surface area contributed by atoms with Gasteiger partial charge in [-0.25, -0.2) is 4.79 Å². The summed E-state index contributed by atoms with van der Waals surface area (Å²) in [7, 11) is 0. The monoisotopic (exact) mass is 288 g/mol. The van der Waals surface area contributed by atoms with Gasteiger partial charge in [0.05, 0.1) is 0 Å². The van der Waals surface area contributed by atoms with Crippen LogP contribution >= 0.6 is 11.8 Å². The smallest absolute Gasteiger partial charge is 0.326 e. The molecule has 0 radical (unpaired) electrons. The molecule has 0 saturated carbocycles. The van der Waals surface area contributed by atoms with Gasteiger partial charge in [-0.15, -0.1) is 0 Å². The Morgan fingerprint density at radius 1 is 1.47 bits per heavy atom. The Morgan fingerprint density at radius 2 is 2.16 bits per heavy atom. The number of nitrogens with zero attached hydrogens (tertiary/aromatic N) is 1. The molecular formula is C12H20N2O4S. The molecule has 2 N–H and O–H groups in total. The highest BCUT2D eigenvalue weighted by Crippen LogP contribution is 2.17. The Hall–Kier alpha value is -1.24. The van der Waals surface area contributed by atoms with Crippen LogP contribution < -0.4 is 5.32 Å². The van der Waals surface area contributed by atoms with Gasteiger partial charge in [-0.3, -0.25) is 9.59 Å². The fourth-order valence-electron chi connectivity index (χ4n) is 2.18. The minimum atomic E-state index is -1.03. The van der Waals surface area contributed by atoms with Crippen molar-refractivity contribution in [2.45, 2.75) is 38.3 Å². The fraction of sp³-hybridized carbons (Fsp3) is 0.750. The zero-order chi connectivity index (χ0) is 14.4. The molecule has 1 aliphatic heterocycles. The number of amides is 2. The van der Waals surface area contributed by atoms with Crippen LogP contribution in [-0.4, -0.2) is 58.4 Å². The molecule has 7 heteroatoms. The predicted octanol–water partition coefficient (Wildman–Crippen LogP) is 0.320. The Balaban J connectivity index is 2.60. The van der Waals surface area contributed by atoms with Crippen LogP contribution in [0.5, 0.6) is 0 Å². The maximum Gasteiger partial charge on any atom is 0.326 e. The summed E-state index contributed by atoms with van der Waals surface area (Å²) in [4.78, 5) is 36.0. The number of carboxylic acid groups (broad SMARTS) is 1. The Morgan fingerprint density at radius 3 is 2.68 bits per heavy atom. The lowest BCUT2D eigenvalue weighted by Gasteiger charge is -2.24. The first kappa shape index (κ1) is 15.8. The number of carboxylic acids is 1. The number of aliphatic carboxylic acids is 1. The number of hydrogen-bond donors (Lipinski definition) is 2. The van der Waals surface area contributed by atoms with Crippen molar-refractivity contribution < 1.29 is 19.5 Å². The van der Waals surface area contributed by atoms with Crippen LogP contribution in [0.25, 0.3) is 0 Å². The van der Waals surface area contributed by atoms with Crippen molar-refractivity contribution >= 4 is 29.5 Å². The highest BCUT2D eigenvalue weighted by Gasteiger charge is 2.34. The first-order chi connectivity index (χ1) is 8.97. The van der Waals surface area contributed by atoms with Crippen LogP contribution in [0.15, 0.2) is 0 Å². The lowest BCUT2D eigenvalue weighted by atomic mass is 10.1. The number of hydrogen-bond acceptors (Lipinski definition) is 4. The first-order valence-corrected chi connectivity index (χ1v) is 7.66. The number of carbonyl (C=O) groups excluding carboxylic acids is 2. The number of thioether (sulfide) groups is 1. The van der Waals surface area contributed by atoms with Crippen LogP contribution in [0, 0.1) is 0 Å². The minimum absolute atomic E-state index is 0.145. The van der Waals surface area contributed by atoms with E-state index in [9.17, 15) is 14.4 Å². The van der Waals surface area contributed by atoms with E-state index in [0.717, 1.165) is 6.42 Å². The second-order valence-corrected chi connectivity index (χ2v) is 5.54. The summed E-state index contributed by atoms with van der Waals surface area (Å²) < 4.78 is 0. The largest absolute Gasteiger partial charge is 0.480 e. The number of carbonyl (C=O) groups is 3. The molecule has 0 spiro atoms. The Bertz CT molecular complexity index is 362.